The second-order valence-corrected chi connectivity index (χ2v) is 8.27. The van der Waals surface area contributed by atoms with Gasteiger partial charge < -0.3 is 14.5 Å². The highest BCUT2D eigenvalue weighted by Crippen LogP contribution is 2.36. The Kier molecular flexibility index (Phi) is 6.63. The predicted molar refractivity (Wildman–Crippen MR) is 135 cm³/mol. The van der Waals surface area contributed by atoms with E-state index in [1.807, 2.05) is 24.4 Å². The zero-order valence-electron chi connectivity index (χ0n) is 19.6. The van der Waals surface area contributed by atoms with Crippen LogP contribution in [0.3, 0.4) is 0 Å². The number of ether oxygens (including phenoxy) is 1. The van der Waals surface area contributed by atoms with Gasteiger partial charge in [-0.25, -0.2) is 34.6 Å². The number of hydrogen-bond donors (Lipinski definition) is 3. The van der Waals surface area contributed by atoms with Crippen molar-refractivity contribution in [2.45, 2.75) is 6.92 Å². The van der Waals surface area contributed by atoms with Crippen molar-refractivity contribution in [3.05, 3.63) is 58.8 Å². The molecule has 0 saturated carbocycles. The van der Waals surface area contributed by atoms with Crippen LogP contribution in [0.25, 0.3) is 44.8 Å². The van der Waals surface area contributed by atoms with E-state index >= 15 is 0 Å². The quantitative estimate of drug-likeness (QED) is 0.291. The van der Waals surface area contributed by atoms with Gasteiger partial charge in [0.25, 0.3) is 5.89 Å². The van der Waals surface area contributed by atoms with Gasteiger partial charge >= 0.3 is 11.8 Å². The summed E-state index contributed by atoms with van der Waals surface area (Å²) in [6.07, 6.45) is 4.54. The lowest BCUT2D eigenvalue weighted by Gasteiger charge is -2.11. The van der Waals surface area contributed by atoms with Crippen LogP contribution in [0.2, 0.25) is 0 Å². The molecule has 2 amide bonds. The highest BCUT2D eigenvalue weighted by atomic mass is 32.1. The van der Waals surface area contributed by atoms with Crippen molar-refractivity contribution in [2.24, 2.45) is 0 Å². The minimum atomic E-state index is -0.702. The molecule has 0 aromatic carbocycles. The summed E-state index contributed by atoms with van der Waals surface area (Å²) in [5.41, 5.74) is 3.23. The molecule has 0 atom stereocenters. The number of urea groups is 1. The summed E-state index contributed by atoms with van der Waals surface area (Å²) in [4.78, 5) is 45.9. The van der Waals surface area contributed by atoms with E-state index in [-0.39, 0.29) is 17.6 Å². The van der Waals surface area contributed by atoms with Crippen LogP contribution in [0, 0.1) is 0 Å². The van der Waals surface area contributed by atoms with E-state index < -0.39 is 5.76 Å². The van der Waals surface area contributed by atoms with Crippen molar-refractivity contribution in [2.75, 3.05) is 19.0 Å². The van der Waals surface area contributed by atoms with E-state index in [4.69, 9.17) is 14.1 Å². The molecule has 0 aliphatic carbocycles. The molecule has 0 aliphatic rings. The first kappa shape index (κ1) is 23.7. The highest BCUT2D eigenvalue weighted by molar-refractivity contribution is 7.13. The van der Waals surface area contributed by atoms with Crippen molar-refractivity contribution < 1.29 is 13.9 Å². The zero-order chi connectivity index (χ0) is 25.8. The minimum absolute atomic E-state index is 0.00372. The third-order valence-corrected chi connectivity index (χ3v) is 5.86. The molecule has 5 aromatic heterocycles. The molecule has 14 heteroatoms. The van der Waals surface area contributed by atoms with Crippen LogP contribution in [0.4, 0.5) is 10.6 Å². The number of pyridine rings is 2. The lowest BCUT2D eigenvalue weighted by Crippen LogP contribution is -2.28. The average Bonchev–Trinajstić information content (AvgIpc) is 3.59. The largest absolute Gasteiger partial charge is 0.481 e. The number of carbonyl (C=O) groups is 1. The van der Waals surface area contributed by atoms with E-state index in [2.05, 4.69) is 40.8 Å². The monoisotopic (exact) mass is 517 g/mol. The van der Waals surface area contributed by atoms with Crippen LogP contribution in [0.1, 0.15) is 6.92 Å². The molecule has 0 unspecified atom stereocenters. The minimum Gasteiger partial charge on any atom is -0.481 e. The van der Waals surface area contributed by atoms with Gasteiger partial charge in [-0.2, -0.15) is 0 Å². The van der Waals surface area contributed by atoms with Crippen molar-refractivity contribution in [1.29, 1.82) is 0 Å². The topological polar surface area (TPSA) is 174 Å². The van der Waals surface area contributed by atoms with Crippen molar-refractivity contribution >= 4 is 23.2 Å². The predicted octanol–water partition coefficient (Wildman–Crippen LogP) is 3.22. The van der Waals surface area contributed by atoms with Crippen molar-refractivity contribution in [3.63, 3.8) is 0 Å². The third-order valence-electron chi connectivity index (χ3n) is 4.98. The van der Waals surface area contributed by atoms with Crippen molar-refractivity contribution in [3.8, 4) is 50.7 Å². The number of amides is 2. The molecular weight excluding hydrogens is 498 g/mol. The molecule has 0 radical (unpaired) electrons. The number of anilines is 1. The molecule has 5 aromatic rings. The number of nitrogens with one attached hydrogen (secondary N) is 3. The maximum absolute atomic E-state index is 12.1. The standard InChI is InChI=1S/C23H19N9O4S/c1-3-25-22(33)30-18-7-12(21-29-17(11-37-21)14-5-4-6-19(28-14)35-2)13(8-26-18)15-9-24-10-16(27-15)20-31-32-23(34)36-20/h4-11H,3H2,1-2H3,(H,32,34)(H2,25,26,30,33). The van der Waals surface area contributed by atoms with Gasteiger partial charge in [-0.1, -0.05) is 6.07 Å². The fourth-order valence-corrected chi connectivity index (χ4v) is 4.19. The van der Waals surface area contributed by atoms with Gasteiger partial charge in [0.2, 0.25) is 5.88 Å². The van der Waals surface area contributed by atoms with Crippen molar-refractivity contribution in [1.82, 2.24) is 40.4 Å². The Hall–Kier alpha value is -4.98. The van der Waals surface area contributed by atoms with E-state index in [0.717, 1.165) is 0 Å². The number of H-pyrrole nitrogens is 1. The Morgan fingerprint density at radius 3 is 2.73 bits per heavy atom. The van der Waals surface area contributed by atoms with E-state index in [0.29, 0.717) is 51.5 Å². The number of nitrogens with zero attached hydrogens (tertiary/aromatic N) is 6. The first-order valence-corrected chi connectivity index (χ1v) is 11.8. The Bertz CT molecular complexity index is 1630. The number of carbonyl (C=O) groups excluding carboxylic acids is 1. The van der Waals surface area contributed by atoms with Gasteiger partial charge in [0.1, 0.15) is 22.2 Å². The second kappa shape index (κ2) is 10.3. The van der Waals surface area contributed by atoms with Gasteiger partial charge in [0.15, 0.2) is 0 Å². The van der Waals surface area contributed by atoms with Crippen LogP contribution < -0.4 is 21.1 Å². The summed E-state index contributed by atoms with van der Waals surface area (Å²) < 4.78 is 10.2. The van der Waals surface area contributed by atoms with Crippen LogP contribution >= 0.6 is 11.3 Å². The summed E-state index contributed by atoms with van der Waals surface area (Å²) >= 11 is 1.39. The maximum Gasteiger partial charge on any atom is 0.434 e. The lowest BCUT2D eigenvalue weighted by atomic mass is 10.1. The third kappa shape index (κ3) is 5.18. The normalized spacial score (nSPS) is 10.8. The van der Waals surface area contributed by atoms with Gasteiger partial charge in [0.05, 0.1) is 30.9 Å². The zero-order valence-corrected chi connectivity index (χ0v) is 20.4. The SMILES string of the molecule is CCNC(=O)Nc1cc(-c2nc(-c3cccc(OC)n3)cs2)c(-c2cncc(-c3n[nH]c(=O)o3)n2)cn1. The smallest absolute Gasteiger partial charge is 0.434 e. The highest BCUT2D eigenvalue weighted by Gasteiger charge is 2.18. The number of methoxy groups -OCH3 is 1. The summed E-state index contributed by atoms with van der Waals surface area (Å²) in [7, 11) is 1.55. The maximum atomic E-state index is 12.1. The Labute approximate surface area is 213 Å². The van der Waals surface area contributed by atoms with Gasteiger partial charge in [-0.05, 0) is 19.1 Å². The number of thiazole rings is 1. The first-order valence-electron chi connectivity index (χ1n) is 10.9. The number of aromatic nitrogens is 7. The summed E-state index contributed by atoms with van der Waals surface area (Å²) in [6, 6.07) is 6.74. The molecule has 13 nitrogen and oxygen atoms in total. The number of hydrogen-bond acceptors (Lipinski definition) is 11. The molecular formula is C23H19N9O4S. The molecule has 3 N–H and O–H groups in total. The molecule has 5 rings (SSSR count). The molecule has 0 fully saturated rings. The van der Waals surface area contributed by atoms with E-state index in [1.54, 1.807) is 31.6 Å². The summed E-state index contributed by atoms with van der Waals surface area (Å²) in [5.74, 6) is 0.0985. The van der Waals surface area contributed by atoms with Crippen LogP contribution in [0.15, 0.2) is 57.4 Å². The Morgan fingerprint density at radius 1 is 1.08 bits per heavy atom. The Balaban J connectivity index is 1.59. The summed E-state index contributed by atoms with van der Waals surface area (Å²) in [6.45, 7) is 2.28. The van der Waals surface area contributed by atoms with Crippen LogP contribution in [-0.4, -0.2) is 54.8 Å². The molecule has 0 spiro atoms. The first-order chi connectivity index (χ1) is 18.0. The molecule has 186 valence electrons. The fourth-order valence-electron chi connectivity index (χ4n) is 3.35. The molecule has 37 heavy (non-hydrogen) atoms. The van der Waals surface area contributed by atoms with E-state index in [9.17, 15) is 9.59 Å². The summed E-state index contributed by atoms with van der Waals surface area (Å²) in [5, 5.41) is 13.9. The average molecular weight is 518 g/mol. The fraction of sp³-hybridized carbons (Fsp3) is 0.130. The molecule has 0 saturated heterocycles. The Morgan fingerprint density at radius 2 is 1.95 bits per heavy atom. The van der Waals surface area contributed by atoms with E-state index in [1.165, 1.54) is 17.5 Å². The molecule has 0 aliphatic heterocycles. The van der Waals surface area contributed by atoms with Crippen LogP contribution in [-0.2, 0) is 0 Å². The van der Waals surface area contributed by atoms with Gasteiger partial charge in [-0.3, -0.25) is 10.3 Å². The van der Waals surface area contributed by atoms with Crippen LogP contribution in [0.5, 0.6) is 5.88 Å². The van der Waals surface area contributed by atoms with Gasteiger partial charge in [0, 0.05) is 35.3 Å². The molecule has 0 bridgehead atoms. The van der Waals surface area contributed by atoms with Gasteiger partial charge in [-0.15, -0.1) is 16.4 Å². The number of rotatable bonds is 7. The lowest BCUT2D eigenvalue weighted by molar-refractivity contribution is 0.252. The second-order valence-electron chi connectivity index (χ2n) is 7.41. The molecule has 5 heterocycles. The number of aromatic amines is 1.